The molecule has 0 N–H and O–H groups in total. The predicted octanol–water partition coefficient (Wildman–Crippen LogP) is 4.86. The number of carbonyl (C=O) groups excluding carboxylic acids is 1. The molecule has 4 heteroatoms. The van der Waals surface area contributed by atoms with E-state index < -0.39 is 4.84 Å². The number of hydrogen-bond donors (Lipinski definition) is 0. The topological polar surface area (TPSA) is 26.3 Å². The first-order valence-corrected chi connectivity index (χ1v) is 7.48. The summed E-state index contributed by atoms with van der Waals surface area (Å²) in [6.07, 6.45) is 10.3. The molecule has 0 amide bonds. The van der Waals surface area contributed by atoms with Crippen LogP contribution in [0, 0.1) is 0 Å². The first kappa shape index (κ1) is 17.1. The zero-order chi connectivity index (χ0) is 12.9. The van der Waals surface area contributed by atoms with Crippen LogP contribution in [-0.2, 0) is 9.53 Å². The Bertz CT molecular complexity index is 184. The van der Waals surface area contributed by atoms with Crippen molar-refractivity contribution in [3.8, 4) is 0 Å². The van der Waals surface area contributed by atoms with E-state index in [1.165, 1.54) is 38.5 Å². The van der Waals surface area contributed by atoms with E-state index in [2.05, 4.69) is 6.92 Å². The third-order valence-corrected chi connectivity index (χ3v) is 2.86. The highest BCUT2D eigenvalue weighted by Crippen LogP contribution is 2.10. The Morgan fingerprint density at radius 1 is 1.00 bits per heavy atom. The van der Waals surface area contributed by atoms with E-state index in [4.69, 9.17) is 27.9 Å². The average Bonchev–Trinajstić information content (AvgIpc) is 2.30. The summed E-state index contributed by atoms with van der Waals surface area (Å²) in [6.45, 7) is 2.32. The summed E-state index contributed by atoms with van der Waals surface area (Å²) in [4.78, 5) is 10.6. The molecule has 0 heterocycles. The minimum atomic E-state index is -0.613. The highest BCUT2D eigenvalue weighted by atomic mass is 35.5. The molecule has 0 aromatic carbocycles. The van der Waals surface area contributed by atoms with Crippen molar-refractivity contribution in [3.63, 3.8) is 0 Å². The Hall–Kier alpha value is 0.0500. The van der Waals surface area contributed by atoms with Crippen molar-refractivity contribution >= 4 is 29.2 Å². The van der Waals surface area contributed by atoms with Crippen molar-refractivity contribution in [2.75, 3.05) is 6.61 Å². The molecule has 102 valence electrons. The van der Waals surface area contributed by atoms with Crippen LogP contribution in [0.3, 0.4) is 0 Å². The lowest BCUT2D eigenvalue weighted by molar-refractivity contribution is -0.143. The summed E-state index contributed by atoms with van der Waals surface area (Å²) >= 11 is 10.9. The number of unbranched alkanes of at least 4 members (excludes halogenated alkanes) is 7. The van der Waals surface area contributed by atoms with E-state index in [1.807, 2.05) is 0 Å². The molecule has 0 aromatic rings. The third-order valence-electron chi connectivity index (χ3n) is 2.60. The highest BCUT2D eigenvalue weighted by Gasteiger charge is 2.05. The molecular weight excluding hydrogens is 259 g/mol. The molecule has 0 atom stereocenters. The fraction of sp³-hybridized carbons (Fsp3) is 0.923. The van der Waals surface area contributed by atoms with Crippen LogP contribution in [0.25, 0.3) is 0 Å². The molecule has 2 nitrogen and oxygen atoms in total. The Kier molecular flexibility index (Phi) is 12.5. The Labute approximate surface area is 115 Å². The van der Waals surface area contributed by atoms with Gasteiger partial charge in [0, 0.05) is 6.42 Å². The van der Waals surface area contributed by atoms with Gasteiger partial charge in [-0.1, -0.05) is 51.9 Å². The molecule has 17 heavy (non-hydrogen) atoms. The van der Waals surface area contributed by atoms with E-state index in [0.29, 0.717) is 6.42 Å². The van der Waals surface area contributed by atoms with Crippen molar-refractivity contribution < 1.29 is 9.53 Å². The number of ether oxygens (including phenoxy) is 1. The fourth-order valence-electron chi connectivity index (χ4n) is 1.63. The van der Waals surface area contributed by atoms with Gasteiger partial charge < -0.3 is 4.74 Å². The van der Waals surface area contributed by atoms with Crippen molar-refractivity contribution in [2.45, 2.75) is 69.5 Å². The van der Waals surface area contributed by atoms with Crippen molar-refractivity contribution in [3.05, 3.63) is 0 Å². The monoisotopic (exact) mass is 282 g/mol. The van der Waals surface area contributed by atoms with Crippen molar-refractivity contribution in [2.24, 2.45) is 0 Å². The van der Waals surface area contributed by atoms with Gasteiger partial charge in [0.1, 0.15) is 11.4 Å². The summed E-state index contributed by atoms with van der Waals surface area (Å²) in [6, 6.07) is 0. The van der Waals surface area contributed by atoms with E-state index >= 15 is 0 Å². The SMILES string of the molecule is CCCCCCCCCCC(=O)OCC(Cl)Cl. The fourth-order valence-corrected chi connectivity index (χ4v) is 1.76. The molecule has 0 rings (SSSR count). The number of esters is 1. The minimum absolute atomic E-state index is 0.0962. The van der Waals surface area contributed by atoms with Gasteiger partial charge in [-0.05, 0) is 6.42 Å². The van der Waals surface area contributed by atoms with Gasteiger partial charge in [0.15, 0.2) is 0 Å². The maximum atomic E-state index is 11.2. The molecule has 0 unspecified atom stereocenters. The standard InChI is InChI=1S/C13H24Cl2O2/c1-2-3-4-5-6-7-8-9-10-13(16)17-11-12(14)15/h12H,2-11H2,1H3. The van der Waals surface area contributed by atoms with Crippen LogP contribution in [0.2, 0.25) is 0 Å². The molecule has 0 aromatic heterocycles. The van der Waals surface area contributed by atoms with Gasteiger partial charge in [0.05, 0.1) is 0 Å². The Balaban J connectivity index is 3.14. The van der Waals surface area contributed by atoms with Crippen LogP contribution >= 0.6 is 23.2 Å². The summed E-state index contributed by atoms with van der Waals surface area (Å²) in [5.41, 5.74) is 0. The number of hydrogen-bond acceptors (Lipinski definition) is 2. The zero-order valence-corrected chi connectivity index (χ0v) is 12.2. The van der Waals surface area contributed by atoms with Crippen LogP contribution in [0.4, 0.5) is 0 Å². The highest BCUT2D eigenvalue weighted by molar-refractivity contribution is 6.44. The molecule has 0 saturated heterocycles. The lowest BCUT2D eigenvalue weighted by Crippen LogP contribution is -2.09. The molecule has 0 aliphatic heterocycles. The molecule has 0 bridgehead atoms. The average molecular weight is 283 g/mol. The zero-order valence-electron chi connectivity index (χ0n) is 10.7. The van der Waals surface area contributed by atoms with Crippen LogP contribution in [-0.4, -0.2) is 17.4 Å². The molecule has 0 spiro atoms. The molecular formula is C13H24Cl2O2. The molecule has 0 aliphatic carbocycles. The predicted molar refractivity (Wildman–Crippen MR) is 73.7 cm³/mol. The molecule has 0 aliphatic rings. The summed E-state index contributed by atoms with van der Waals surface area (Å²) in [5, 5.41) is 0. The van der Waals surface area contributed by atoms with Gasteiger partial charge in [0.2, 0.25) is 0 Å². The second-order valence-electron chi connectivity index (χ2n) is 4.30. The molecule has 0 radical (unpaired) electrons. The number of carbonyl (C=O) groups is 1. The lowest BCUT2D eigenvalue weighted by Gasteiger charge is -2.05. The number of alkyl halides is 2. The number of rotatable bonds is 11. The quantitative estimate of drug-likeness (QED) is 0.307. The lowest BCUT2D eigenvalue weighted by atomic mass is 10.1. The van der Waals surface area contributed by atoms with E-state index in [0.717, 1.165) is 12.8 Å². The maximum absolute atomic E-state index is 11.2. The van der Waals surface area contributed by atoms with Crippen LogP contribution in [0.5, 0.6) is 0 Å². The molecule has 0 fully saturated rings. The first-order valence-electron chi connectivity index (χ1n) is 6.60. The van der Waals surface area contributed by atoms with E-state index in [9.17, 15) is 4.79 Å². The summed E-state index contributed by atoms with van der Waals surface area (Å²) in [5.74, 6) is -0.192. The van der Waals surface area contributed by atoms with Crippen molar-refractivity contribution in [1.82, 2.24) is 0 Å². The van der Waals surface area contributed by atoms with Crippen LogP contribution in [0.1, 0.15) is 64.7 Å². The normalized spacial score (nSPS) is 10.8. The van der Waals surface area contributed by atoms with Crippen LogP contribution < -0.4 is 0 Å². The van der Waals surface area contributed by atoms with Gasteiger partial charge in [-0.2, -0.15) is 0 Å². The summed E-state index contributed by atoms with van der Waals surface area (Å²) < 4.78 is 4.86. The second-order valence-corrected chi connectivity index (χ2v) is 5.58. The van der Waals surface area contributed by atoms with Gasteiger partial charge in [-0.15, -0.1) is 23.2 Å². The Morgan fingerprint density at radius 3 is 2.06 bits per heavy atom. The molecule has 0 saturated carbocycles. The van der Waals surface area contributed by atoms with Crippen molar-refractivity contribution in [1.29, 1.82) is 0 Å². The van der Waals surface area contributed by atoms with Gasteiger partial charge >= 0.3 is 5.97 Å². The largest absolute Gasteiger partial charge is 0.463 e. The van der Waals surface area contributed by atoms with Gasteiger partial charge in [-0.25, -0.2) is 0 Å². The van der Waals surface area contributed by atoms with E-state index in [-0.39, 0.29) is 12.6 Å². The minimum Gasteiger partial charge on any atom is -0.463 e. The number of halogens is 2. The third kappa shape index (κ3) is 14.0. The maximum Gasteiger partial charge on any atom is 0.305 e. The Morgan fingerprint density at radius 2 is 1.53 bits per heavy atom. The van der Waals surface area contributed by atoms with Gasteiger partial charge in [-0.3, -0.25) is 4.79 Å². The second kappa shape index (κ2) is 12.5. The van der Waals surface area contributed by atoms with Crippen LogP contribution in [0.15, 0.2) is 0 Å². The van der Waals surface area contributed by atoms with Gasteiger partial charge in [0.25, 0.3) is 0 Å². The summed E-state index contributed by atoms with van der Waals surface area (Å²) in [7, 11) is 0. The smallest absolute Gasteiger partial charge is 0.305 e. The first-order chi connectivity index (χ1) is 8.16. The van der Waals surface area contributed by atoms with E-state index in [1.54, 1.807) is 0 Å².